The first kappa shape index (κ1) is 18.8. The van der Waals surface area contributed by atoms with Crippen LogP contribution in [0.1, 0.15) is 45.2 Å². The number of carbonyl (C=O) groups is 2. The topological polar surface area (TPSA) is 61.1 Å². The second-order valence-electron chi connectivity index (χ2n) is 6.28. The van der Waals surface area contributed by atoms with Crippen molar-refractivity contribution < 1.29 is 14.3 Å². The minimum atomic E-state index is -0.371. The predicted molar refractivity (Wildman–Crippen MR) is 104 cm³/mol. The molecule has 136 valence electrons. The van der Waals surface area contributed by atoms with Crippen LogP contribution in [0.4, 0.5) is 0 Å². The van der Waals surface area contributed by atoms with Crippen molar-refractivity contribution in [1.29, 1.82) is 0 Å². The molecule has 1 atom stereocenters. The average molecular weight is 380 g/mol. The molecule has 0 bridgehead atoms. The number of ketones is 2. The van der Waals surface area contributed by atoms with E-state index in [-0.39, 0.29) is 36.0 Å². The summed E-state index contributed by atoms with van der Waals surface area (Å²) >= 11 is 6.10. The van der Waals surface area contributed by atoms with Crippen molar-refractivity contribution in [3.8, 4) is 0 Å². The summed E-state index contributed by atoms with van der Waals surface area (Å²) in [5.74, 6) is -0.739. The second kappa shape index (κ2) is 8.60. The molecule has 0 amide bonds. The number of hydrogen-bond donors (Lipinski definition) is 0. The van der Waals surface area contributed by atoms with Gasteiger partial charge in [0.25, 0.3) is 5.69 Å². The summed E-state index contributed by atoms with van der Waals surface area (Å²) < 4.78 is 0.552. The first-order chi connectivity index (χ1) is 13.0. The summed E-state index contributed by atoms with van der Waals surface area (Å²) in [4.78, 5) is 25.4. The van der Waals surface area contributed by atoms with Crippen LogP contribution in [-0.2, 0) is 0 Å². The standard InChI is InChI=1S/C22H18ClNO3/c23-19-10-6-9-17(13-19)18(14-21(25)16-7-2-1-3-8-16)15-22(26)20-11-4-5-12-24(20)27/h1-13,18H,14-15H2/t18-/m1/s1. The van der Waals surface area contributed by atoms with Crippen molar-refractivity contribution in [1.82, 2.24) is 0 Å². The van der Waals surface area contributed by atoms with Gasteiger partial charge >= 0.3 is 0 Å². The third-order valence-electron chi connectivity index (χ3n) is 4.39. The molecule has 0 spiro atoms. The molecular weight excluding hydrogens is 362 g/mol. The number of halogens is 1. The molecule has 3 aromatic rings. The van der Waals surface area contributed by atoms with Crippen molar-refractivity contribution >= 4 is 23.2 Å². The number of benzene rings is 2. The maximum atomic E-state index is 12.7. The Morgan fingerprint density at radius 3 is 2.30 bits per heavy atom. The Morgan fingerprint density at radius 1 is 0.889 bits per heavy atom. The van der Waals surface area contributed by atoms with Crippen molar-refractivity contribution in [2.45, 2.75) is 18.8 Å². The smallest absolute Gasteiger partial charge is 0.259 e. The third-order valence-corrected chi connectivity index (χ3v) is 4.62. The molecule has 1 heterocycles. The van der Waals surface area contributed by atoms with E-state index in [0.29, 0.717) is 15.3 Å². The zero-order chi connectivity index (χ0) is 19.2. The largest absolute Gasteiger partial charge is 0.618 e. The molecule has 4 nitrogen and oxygen atoms in total. The van der Waals surface area contributed by atoms with Crippen LogP contribution in [0.2, 0.25) is 5.02 Å². The van der Waals surface area contributed by atoms with E-state index in [2.05, 4.69) is 0 Å². The molecule has 0 aliphatic heterocycles. The third kappa shape index (κ3) is 4.80. The summed E-state index contributed by atoms with van der Waals surface area (Å²) in [6.07, 6.45) is 1.49. The molecule has 0 aliphatic rings. The van der Waals surface area contributed by atoms with Crippen LogP contribution in [0.3, 0.4) is 0 Å². The van der Waals surface area contributed by atoms with Crippen molar-refractivity contribution in [3.05, 3.63) is 106 Å². The van der Waals surface area contributed by atoms with Gasteiger partial charge in [-0.1, -0.05) is 54.1 Å². The molecular formula is C22H18ClNO3. The molecule has 0 fully saturated rings. The monoisotopic (exact) mass is 379 g/mol. The van der Waals surface area contributed by atoms with Gasteiger partial charge in [-0.25, -0.2) is 0 Å². The highest BCUT2D eigenvalue weighted by Gasteiger charge is 2.24. The van der Waals surface area contributed by atoms with E-state index in [4.69, 9.17) is 11.6 Å². The molecule has 0 unspecified atom stereocenters. The zero-order valence-corrected chi connectivity index (χ0v) is 15.3. The fraction of sp³-hybridized carbons (Fsp3) is 0.136. The highest BCUT2D eigenvalue weighted by Crippen LogP contribution is 2.28. The van der Waals surface area contributed by atoms with Crippen LogP contribution in [0.5, 0.6) is 0 Å². The van der Waals surface area contributed by atoms with Gasteiger partial charge in [-0.15, -0.1) is 0 Å². The van der Waals surface area contributed by atoms with E-state index < -0.39 is 0 Å². The van der Waals surface area contributed by atoms with Gasteiger partial charge in [-0.2, -0.15) is 4.73 Å². The number of Topliss-reactive ketones (excluding diaryl/α,β-unsaturated/α-hetero) is 2. The first-order valence-electron chi connectivity index (χ1n) is 8.59. The van der Waals surface area contributed by atoms with Gasteiger partial charge in [-0.3, -0.25) is 9.59 Å². The highest BCUT2D eigenvalue weighted by molar-refractivity contribution is 6.30. The Hall–Kier alpha value is -2.98. The summed E-state index contributed by atoms with van der Waals surface area (Å²) in [5.41, 5.74) is 1.46. The lowest BCUT2D eigenvalue weighted by molar-refractivity contribution is -0.607. The van der Waals surface area contributed by atoms with Gasteiger partial charge in [0.2, 0.25) is 5.78 Å². The number of carbonyl (C=O) groups excluding carboxylic acids is 2. The number of hydrogen-bond acceptors (Lipinski definition) is 3. The predicted octanol–water partition coefficient (Wildman–Crippen LogP) is 4.60. The Labute approximate surface area is 162 Å². The minimum Gasteiger partial charge on any atom is -0.618 e. The Balaban J connectivity index is 1.87. The van der Waals surface area contributed by atoms with Crippen LogP contribution >= 0.6 is 11.6 Å². The molecule has 27 heavy (non-hydrogen) atoms. The Bertz CT molecular complexity index is 957. The van der Waals surface area contributed by atoms with Gasteiger partial charge < -0.3 is 5.21 Å². The van der Waals surface area contributed by atoms with Gasteiger partial charge in [0.15, 0.2) is 12.0 Å². The summed E-state index contributed by atoms with van der Waals surface area (Å²) in [7, 11) is 0. The van der Waals surface area contributed by atoms with E-state index in [9.17, 15) is 14.8 Å². The lowest BCUT2D eigenvalue weighted by Crippen LogP contribution is -2.34. The van der Waals surface area contributed by atoms with Crippen molar-refractivity contribution in [2.75, 3.05) is 0 Å². The number of aromatic nitrogens is 1. The van der Waals surface area contributed by atoms with Crippen LogP contribution in [-0.4, -0.2) is 11.6 Å². The lowest BCUT2D eigenvalue weighted by atomic mass is 9.87. The van der Waals surface area contributed by atoms with E-state index in [1.54, 1.807) is 54.6 Å². The van der Waals surface area contributed by atoms with E-state index in [1.165, 1.54) is 12.3 Å². The first-order valence-corrected chi connectivity index (χ1v) is 8.97. The molecule has 2 aromatic carbocycles. The van der Waals surface area contributed by atoms with Crippen molar-refractivity contribution in [2.24, 2.45) is 0 Å². The van der Waals surface area contributed by atoms with E-state index in [0.717, 1.165) is 5.56 Å². The molecule has 0 N–H and O–H groups in total. The molecule has 0 radical (unpaired) electrons. The fourth-order valence-corrected chi connectivity index (χ4v) is 3.21. The average Bonchev–Trinajstić information content (AvgIpc) is 2.68. The Kier molecular flexibility index (Phi) is 5.99. The second-order valence-corrected chi connectivity index (χ2v) is 6.72. The summed E-state index contributed by atoms with van der Waals surface area (Å²) in [5, 5.41) is 12.4. The van der Waals surface area contributed by atoms with E-state index in [1.807, 2.05) is 12.1 Å². The molecule has 0 saturated heterocycles. The number of nitrogens with zero attached hydrogens (tertiary/aromatic N) is 1. The number of pyridine rings is 1. The maximum Gasteiger partial charge on any atom is 0.259 e. The lowest BCUT2D eigenvalue weighted by Gasteiger charge is -2.16. The summed E-state index contributed by atoms with van der Waals surface area (Å²) in [6.45, 7) is 0. The highest BCUT2D eigenvalue weighted by atomic mass is 35.5. The SMILES string of the molecule is O=C(C[C@H](CC(=O)c1cccc[n+]1[O-])c1cccc(Cl)c1)c1ccccc1. The van der Waals surface area contributed by atoms with E-state index >= 15 is 0 Å². The zero-order valence-electron chi connectivity index (χ0n) is 14.5. The normalized spacial score (nSPS) is 11.7. The van der Waals surface area contributed by atoms with Gasteiger partial charge in [-0.05, 0) is 29.7 Å². The fourth-order valence-electron chi connectivity index (χ4n) is 3.01. The molecule has 1 aromatic heterocycles. The minimum absolute atomic E-state index is 0.0468. The summed E-state index contributed by atoms with van der Waals surface area (Å²) in [6, 6.07) is 20.8. The van der Waals surface area contributed by atoms with Crippen LogP contribution in [0, 0.1) is 5.21 Å². The maximum absolute atomic E-state index is 12.7. The molecule has 0 saturated carbocycles. The van der Waals surface area contributed by atoms with Gasteiger partial charge in [0.1, 0.15) is 0 Å². The van der Waals surface area contributed by atoms with Gasteiger partial charge in [0, 0.05) is 35.6 Å². The molecule has 5 heteroatoms. The van der Waals surface area contributed by atoms with Crippen LogP contribution < -0.4 is 4.73 Å². The number of rotatable bonds is 7. The Morgan fingerprint density at radius 2 is 1.59 bits per heavy atom. The quantitative estimate of drug-likeness (QED) is 0.342. The van der Waals surface area contributed by atoms with Crippen molar-refractivity contribution in [3.63, 3.8) is 0 Å². The molecule has 0 aliphatic carbocycles. The van der Waals surface area contributed by atoms with Crippen LogP contribution in [0.25, 0.3) is 0 Å². The van der Waals surface area contributed by atoms with Crippen LogP contribution in [0.15, 0.2) is 79.0 Å². The van der Waals surface area contributed by atoms with Gasteiger partial charge in [0.05, 0.1) is 0 Å². The molecule has 3 rings (SSSR count).